The van der Waals surface area contributed by atoms with Gasteiger partial charge in [-0.1, -0.05) is 348 Å². The van der Waals surface area contributed by atoms with E-state index in [0.29, 0.717) is 30.1 Å². The van der Waals surface area contributed by atoms with E-state index in [1.54, 1.807) is 131 Å². The highest BCUT2D eigenvalue weighted by Gasteiger charge is 2.13. The summed E-state index contributed by atoms with van der Waals surface area (Å²) >= 11 is 85.1. The Balaban J connectivity index is 0.000000146. The van der Waals surface area contributed by atoms with Gasteiger partial charge in [-0.2, -0.15) is 10.2 Å². The minimum atomic E-state index is 0.646. The molecule has 0 fully saturated rings. The van der Waals surface area contributed by atoms with Crippen molar-refractivity contribution in [2.45, 2.75) is 102 Å². The first kappa shape index (κ1) is 108. The number of halogens is 12. The van der Waals surface area contributed by atoms with E-state index in [1.165, 1.54) is 57.8 Å². The Labute approximate surface area is 880 Å². The molecular formula is C92H84Cl12N22S9. The van der Waals surface area contributed by atoms with Crippen molar-refractivity contribution in [2.24, 2.45) is 9.98 Å². The van der Waals surface area contributed by atoms with Gasteiger partial charge in [-0.15, -0.1) is 10.2 Å². The summed E-state index contributed by atoms with van der Waals surface area (Å²) in [5.41, 5.74) is 12.7. The molecule has 43 heteroatoms. The molecule has 0 unspecified atom stereocenters. The van der Waals surface area contributed by atoms with Crippen LogP contribution in [0.2, 0.25) is 60.3 Å². The van der Waals surface area contributed by atoms with E-state index in [-0.39, 0.29) is 0 Å². The standard InChI is InChI=1S/C14H11ClN2S.C10H9Cl2N3S.C10H8Cl2N2S.C10H10ClN3S.2C10H11ClN2S.C10H9ClN2S.C9H7Cl2N3S.C9H8ClN3S/c15-11-7-5-10(6-8-11)9-18-14-16-12-3-1-2-4-13(12)17-14;1-6-13-10(15-14-6)16-5-7-2-3-8(11)4-9(7)12;11-8-2-1-7(9(12)5-8)6-15-10-13-3-4-14-10;1-7-12-10(14-13-7)15-6-8-2-4-9(11)5-3-8;3*11-9-3-1-8(2-4-9)7-14-10-12-5-6-13-10;10-7-2-1-6(8(11)3-7)4-15-9-12-5-13-14-9;10-8-3-1-7(2-4-8)5-14-9-11-6-12-13-9/h1-8H,9H2,(H,16,17);2-4H,5H2,1H3,(H,13,14,15);1-5H,6H2,(H,13,14);2-5H,6H2,1H3,(H,12,13,14);2*1-4H,5-7H2,(H,12,13);1-6H,7H2,(H,12,13);1-3,5H,4H2,(H,12,13,14);1-4,6H,5H2,(H,11,12,13). The Morgan fingerprint density at radius 1 is 0.296 bits per heavy atom. The van der Waals surface area contributed by atoms with Crippen LogP contribution in [0.3, 0.4) is 0 Å². The van der Waals surface area contributed by atoms with Crippen molar-refractivity contribution >= 4 is 266 Å². The Morgan fingerprint density at radius 2 is 0.607 bits per heavy atom. The van der Waals surface area contributed by atoms with E-state index >= 15 is 0 Å². The van der Waals surface area contributed by atoms with Gasteiger partial charge in [0.05, 0.1) is 24.1 Å². The third-order valence-corrected chi connectivity index (χ3v) is 29.3. The van der Waals surface area contributed by atoms with Crippen LogP contribution in [0.15, 0.2) is 308 Å². The van der Waals surface area contributed by atoms with Crippen LogP contribution in [0.5, 0.6) is 0 Å². The van der Waals surface area contributed by atoms with Crippen molar-refractivity contribution < 1.29 is 0 Å². The van der Waals surface area contributed by atoms with Crippen LogP contribution in [0.4, 0.5) is 0 Å². The molecule has 2 aliphatic heterocycles. The maximum atomic E-state index is 6.05. The molecule has 10 aromatic carbocycles. The monoisotopic (exact) mass is 2200 g/mol. The predicted molar refractivity (Wildman–Crippen MR) is 576 cm³/mol. The number of nitrogens with one attached hydrogen (secondary N) is 9. The topological polar surface area (TPSA) is 301 Å². The molecule has 0 radical (unpaired) electrons. The van der Waals surface area contributed by atoms with Crippen LogP contribution in [0, 0.1) is 13.8 Å². The smallest absolute Gasteiger partial charge is 0.208 e. The number of aliphatic imine (C=N–C) groups is 2. The number of hydrogen-bond donors (Lipinski definition) is 9. The zero-order chi connectivity index (χ0) is 95.1. The number of fused-ring (bicyclic) bond motifs is 1. The third-order valence-electron chi connectivity index (χ3n) is 17.4. The number of para-hydroxylation sites is 2. The highest BCUT2D eigenvalue weighted by molar-refractivity contribution is 8.13. The maximum Gasteiger partial charge on any atom is 0.208 e. The van der Waals surface area contributed by atoms with Gasteiger partial charge in [0.25, 0.3) is 0 Å². The first-order valence-corrected chi connectivity index (χ1v) is 53.9. The number of aromatic nitrogens is 18. The van der Waals surface area contributed by atoms with Gasteiger partial charge in [-0.3, -0.25) is 30.4 Å². The van der Waals surface area contributed by atoms with Crippen molar-refractivity contribution in [1.29, 1.82) is 0 Å². The van der Waals surface area contributed by atoms with E-state index < -0.39 is 0 Å². The largest absolute Gasteiger partial charge is 0.363 e. The summed E-state index contributed by atoms with van der Waals surface area (Å²) in [5, 5.41) is 49.9. The van der Waals surface area contributed by atoms with Crippen molar-refractivity contribution in [3.63, 3.8) is 0 Å². The van der Waals surface area contributed by atoms with Gasteiger partial charge in [0.2, 0.25) is 10.3 Å². The predicted octanol–water partition coefficient (Wildman–Crippen LogP) is 29.9. The van der Waals surface area contributed by atoms with Crippen LogP contribution < -0.4 is 10.6 Å². The lowest BCUT2D eigenvalue weighted by Crippen LogP contribution is -2.14. The molecular weight excluding hydrogens is 2130 g/mol. The number of aromatic amines is 7. The summed E-state index contributed by atoms with van der Waals surface area (Å²) in [4.78, 5) is 47.2. The Kier molecular flexibility index (Phi) is 48.1. The molecule has 0 aliphatic carbocycles. The van der Waals surface area contributed by atoms with Gasteiger partial charge < -0.3 is 25.6 Å². The summed E-state index contributed by atoms with van der Waals surface area (Å²) in [6.07, 6.45) is 10.1. The highest BCUT2D eigenvalue weighted by atomic mass is 35.5. The number of imidazole rings is 3. The zero-order valence-electron chi connectivity index (χ0n) is 71.5. The molecule has 135 heavy (non-hydrogen) atoms. The average molecular weight is 2210 g/mol. The van der Waals surface area contributed by atoms with E-state index in [2.05, 4.69) is 111 Å². The number of rotatable bonds is 25. The maximum absolute atomic E-state index is 6.05. The molecule has 7 aromatic heterocycles. The molecule has 17 aromatic rings. The molecule has 9 N–H and O–H groups in total. The number of nitrogens with zero attached hydrogens (tertiary/aromatic N) is 13. The Hall–Kier alpha value is -7.78. The van der Waals surface area contributed by atoms with Gasteiger partial charge in [-0.25, -0.2) is 34.9 Å². The Morgan fingerprint density at radius 3 is 0.919 bits per heavy atom. The second-order valence-electron chi connectivity index (χ2n) is 27.6. The molecule has 0 amide bonds. The minimum absolute atomic E-state index is 0.646. The molecule has 0 saturated carbocycles. The van der Waals surface area contributed by atoms with Gasteiger partial charge in [0, 0.05) is 150 Å². The van der Waals surface area contributed by atoms with Crippen molar-refractivity contribution in [3.8, 4) is 0 Å². The zero-order valence-corrected chi connectivity index (χ0v) is 88.0. The van der Waals surface area contributed by atoms with Crippen molar-refractivity contribution in [1.82, 2.24) is 101 Å². The molecule has 2 aliphatic rings. The number of aryl methyl sites for hydroxylation is 2. The van der Waals surface area contributed by atoms with Gasteiger partial charge in [-0.05, 0) is 185 Å². The number of hydrogen-bond acceptors (Lipinski definition) is 24. The van der Waals surface area contributed by atoms with E-state index in [9.17, 15) is 0 Å². The number of H-pyrrole nitrogens is 7. The lowest BCUT2D eigenvalue weighted by atomic mass is 10.2. The highest BCUT2D eigenvalue weighted by Crippen LogP contribution is 2.33. The van der Waals surface area contributed by atoms with Crippen LogP contribution in [0.25, 0.3) is 11.0 Å². The lowest BCUT2D eigenvalue weighted by molar-refractivity contribution is 0.963. The fourth-order valence-corrected chi connectivity index (χ4v) is 20.4. The first-order valence-electron chi connectivity index (χ1n) is 40.5. The van der Waals surface area contributed by atoms with Crippen LogP contribution >= 0.6 is 245 Å². The molecule has 0 bridgehead atoms. The second kappa shape index (κ2) is 60.3. The fourth-order valence-electron chi connectivity index (χ4n) is 10.6. The quantitative estimate of drug-likeness (QED) is 0.0240. The third kappa shape index (κ3) is 42.0. The number of thioether (sulfide) groups is 9. The summed E-state index contributed by atoms with van der Waals surface area (Å²) in [6, 6.07) is 71.7. The van der Waals surface area contributed by atoms with Crippen LogP contribution in [-0.2, 0) is 51.8 Å². The molecule has 22 nitrogen and oxygen atoms in total. The van der Waals surface area contributed by atoms with E-state index in [1.807, 2.05) is 226 Å². The molecule has 0 saturated heterocycles. The van der Waals surface area contributed by atoms with Gasteiger partial charge in [0.15, 0.2) is 36.1 Å². The van der Waals surface area contributed by atoms with Crippen molar-refractivity contribution in [2.75, 3.05) is 26.2 Å². The SMILES string of the molecule is Cc1nc(SCc2ccc(Cl)cc2)n[nH]1.Cc1nc(SCc2ccc(Cl)cc2Cl)n[nH]1.Clc1ccc(CSC2=NCCN2)cc1.Clc1ccc(CSC2=NCCN2)cc1.Clc1ccc(CSc2nc3ccccc3[nH]2)cc1.Clc1ccc(CSc2ncc[nH]2)c(Cl)c1.Clc1ccc(CSc2ncc[nH]2)cc1.Clc1ccc(CSc2ncn[nH]2)c(Cl)c1.Clc1ccc(CSc2ncn[nH]2)cc1. The average Bonchev–Trinajstić information content (AvgIpc) is 1.68. The lowest BCUT2D eigenvalue weighted by Gasteiger charge is -2.02. The fraction of sp³-hybridized carbons (Fsp3) is 0.163. The second-order valence-corrected chi connectivity index (χ2v) is 41.4. The first-order chi connectivity index (χ1) is 65.6. The minimum Gasteiger partial charge on any atom is -0.363 e. The van der Waals surface area contributed by atoms with Crippen LogP contribution in [0.1, 0.15) is 61.7 Å². The molecule has 19 rings (SSSR count). The number of benzene rings is 10. The van der Waals surface area contributed by atoms with Crippen molar-refractivity contribution in [3.05, 3.63) is 384 Å². The van der Waals surface area contributed by atoms with Gasteiger partial charge >= 0.3 is 0 Å². The summed E-state index contributed by atoms with van der Waals surface area (Å²) in [6.45, 7) is 7.52. The number of amidine groups is 2. The van der Waals surface area contributed by atoms with Gasteiger partial charge in [0.1, 0.15) is 24.3 Å². The molecule has 0 spiro atoms. The van der Waals surface area contributed by atoms with E-state index in [0.717, 1.165) is 194 Å². The summed E-state index contributed by atoms with van der Waals surface area (Å²) < 4.78 is 0. The molecule has 9 heterocycles. The van der Waals surface area contributed by atoms with Crippen LogP contribution in [-0.4, -0.2) is 127 Å². The van der Waals surface area contributed by atoms with E-state index in [4.69, 9.17) is 139 Å². The Bertz CT molecular complexity index is 6070. The molecule has 0 atom stereocenters. The summed E-state index contributed by atoms with van der Waals surface area (Å²) in [7, 11) is 0. The summed E-state index contributed by atoms with van der Waals surface area (Å²) in [5.74, 6) is 9.31. The normalized spacial score (nSPS) is 11.5. The molecule has 700 valence electrons.